The molecule has 0 aromatic heterocycles. The minimum absolute atomic E-state index is 0.0579. The van der Waals surface area contributed by atoms with Gasteiger partial charge in [0.15, 0.2) is 11.9 Å². The van der Waals surface area contributed by atoms with Crippen molar-refractivity contribution in [1.29, 1.82) is 5.26 Å². The predicted molar refractivity (Wildman–Crippen MR) is 116 cm³/mol. The average Bonchev–Trinajstić information content (AvgIpc) is 2.70. The molecule has 1 atom stereocenters. The van der Waals surface area contributed by atoms with Gasteiger partial charge in [-0.05, 0) is 87.0 Å². The lowest BCUT2D eigenvalue weighted by atomic mass is 9.48. The van der Waals surface area contributed by atoms with Crippen molar-refractivity contribution in [3.8, 4) is 6.07 Å². The zero-order valence-electron chi connectivity index (χ0n) is 18.1. The Hall–Kier alpha value is -2.61. The first-order valence-corrected chi connectivity index (χ1v) is 10.9. The fraction of sp³-hybridized carbons (Fsp3) is 0.560. The Kier molecular flexibility index (Phi) is 5.44. The third-order valence-corrected chi connectivity index (χ3v) is 7.27. The van der Waals surface area contributed by atoms with E-state index in [0.717, 1.165) is 30.5 Å². The summed E-state index contributed by atoms with van der Waals surface area (Å²) in [7, 11) is 3.90. The molecule has 4 fully saturated rings. The number of nitriles is 1. The minimum atomic E-state index is -0.818. The summed E-state index contributed by atoms with van der Waals surface area (Å²) in [5, 5.41) is 9.47. The van der Waals surface area contributed by atoms with Crippen molar-refractivity contribution in [2.24, 2.45) is 23.2 Å². The van der Waals surface area contributed by atoms with E-state index in [1.54, 1.807) is 6.92 Å². The lowest BCUT2D eigenvalue weighted by Crippen LogP contribution is -2.52. The quantitative estimate of drug-likeness (QED) is 0.398. The number of hydrogen-bond acceptors (Lipinski definition) is 5. The maximum Gasteiger partial charge on any atom is 0.349 e. The summed E-state index contributed by atoms with van der Waals surface area (Å²) in [6, 6.07) is 9.48. The summed E-state index contributed by atoms with van der Waals surface area (Å²) in [4.78, 5) is 27.9. The van der Waals surface area contributed by atoms with Crippen LogP contribution in [0.4, 0.5) is 5.69 Å². The maximum absolute atomic E-state index is 13.3. The van der Waals surface area contributed by atoms with Gasteiger partial charge in [0.05, 0.1) is 0 Å². The SMILES string of the molecule is CC(OC(=O)/C(C#N)=C/c1ccc(N(C)C)cc1)C(=O)C12CC3CC(CC(C3)C1)C2. The van der Waals surface area contributed by atoms with Crippen LogP contribution in [0.15, 0.2) is 29.8 Å². The molecule has 0 spiro atoms. The Morgan fingerprint density at radius 3 is 2.10 bits per heavy atom. The molecule has 0 amide bonds. The molecule has 4 bridgehead atoms. The van der Waals surface area contributed by atoms with E-state index in [1.807, 2.05) is 49.3 Å². The molecule has 158 valence electrons. The first-order chi connectivity index (χ1) is 14.3. The summed E-state index contributed by atoms with van der Waals surface area (Å²) in [5.41, 5.74) is 1.38. The zero-order chi connectivity index (χ0) is 21.5. The van der Waals surface area contributed by atoms with Crippen molar-refractivity contribution in [3.05, 3.63) is 35.4 Å². The van der Waals surface area contributed by atoms with Crippen LogP contribution in [0.3, 0.4) is 0 Å². The van der Waals surface area contributed by atoms with Crippen LogP contribution in [-0.2, 0) is 14.3 Å². The Bertz CT molecular complexity index is 872. The number of ketones is 1. The van der Waals surface area contributed by atoms with Crippen molar-refractivity contribution >= 4 is 23.5 Å². The number of carbonyl (C=O) groups is 2. The van der Waals surface area contributed by atoms with Crippen molar-refractivity contribution < 1.29 is 14.3 Å². The Labute approximate surface area is 178 Å². The second kappa shape index (κ2) is 7.91. The molecular weight excluding hydrogens is 376 g/mol. The highest BCUT2D eigenvalue weighted by Gasteiger charge is 2.55. The first kappa shape index (κ1) is 20.7. The van der Waals surface area contributed by atoms with Crippen molar-refractivity contribution in [3.63, 3.8) is 0 Å². The lowest BCUT2D eigenvalue weighted by Gasteiger charge is -2.56. The minimum Gasteiger partial charge on any atom is -0.451 e. The van der Waals surface area contributed by atoms with E-state index in [4.69, 9.17) is 4.74 Å². The molecule has 1 unspecified atom stereocenters. The molecule has 4 saturated carbocycles. The number of esters is 1. The molecule has 5 nitrogen and oxygen atoms in total. The van der Waals surface area contributed by atoms with Crippen LogP contribution in [0, 0.1) is 34.5 Å². The van der Waals surface area contributed by atoms with Gasteiger partial charge in [-0.2, -0.15) is 5.26 Å². The number of nitrogens with zero attached hydrogens (tertiary/aromatic N) is 2. The number of rotatable bonds is 6. The van der Waals surface area contributed by atoms with E-state index in [-0.39, 0.29) is 16.8 Å². The highest BCUT2D eigenvalue weighted by molar-refractivity contribution is 6.00. The molecule has 4 aliphatic carbocycles. The van der Waals surface area contributed by atoms with Gasteiger partial charge in [-0.3, -0.25) is 4.79 Å². The van der Waals surface area contributed by atoms with Gasteiger partial charge in [-0.25, -0.2) is 4.79 Å². The van der Waals surface area contributed by atoms with Crippen molar-refractivity contribution in [2.75, 3.05) is 19.0 Å². The maximum atomic E-state index is 13.3. The largest absolute Gasteiger partial charge is 0.451 e. The van der Waals surface area contributed by atoms with Gasteiger partial charge in [-0.15, -0.1) is 0 Å². The molecule has 30 heavy (non-hydrogen) atoms. The van der Waals surface area contributed by atoms with Gasteiger partial charge in [0.25, 0.3) is 0 Å². The van der Waals surface area contributed by atoms with Gasteiger partial charge in [0.2, 0.25) is 0 Å². The highest BCUT2D eigenvalue weighted by Crippen LogP contribution is 2.60. The summed E-state index contributed by atoms with van der Waals surface area (Å²) in [5.74, 6) is 1.30. The van der Waals surface area contributed by atoms with E-state index >= 15 is 0 Å². The fourth-order valence-electron chi connectivity index (χ4n) is 6.29. The molecule has 0 N–H and O–H groups in total. The van der Waals surface area contributed by atoms with Gasteiger partial charge < -0.3 is 9.64 Å². The number of benzene rings is 1. The molecule has 5 rings (SSSR count). The third-order valence-electron chi connectivity index (χ3n) is 7.27. The van der Waals surface area contributed by atoms with Crippen molar-refractivity contribution in [1.82, 2.24) is 0 Å². The second-order valence-corrected chi connectivity index (χ2v) is 9.77. The van der Waals surface area contributed by atoms with Crippen LogP contribution in [0.5, 0.6) is 0 Å². The summed E-state index contributed by atoms with van der Waals surface area (Å²) < 4.78 is 5.50. The number of ether oxygens (including phenoxy) is 1. The standard InChI is InChI=1S/C25H30N2O3/c1-16(23(28)25-12-18-8-19(13-25)10-20(9-18)14-25)30-24(29)21(15-26)11-17-4-6-22(7-5-17)27(2)3/h4-7,11,16,18-20H,8-10,12-14H2,1-3H3/b21-11+. The van der Waals surface area contributed by atoms with Gasteiger partial charge in [0, 0.05) is 25.2 Å². The van der Waals surface area contributed by atoms with E-state index in [1.165, 1.54) is 25.3 Å². The third kappa shape index (κ3) is 3.88. The monoisotopic (exact) mass is 406 g/mol. The summed E-state index contributed by atoms with van der Waals surface area (Å²) in [6.07, 6.45) is 7.31. The number of carbonyl (C=O) groups excluding carboxylic acids is 2. The van der Waals surface area contributed by atoms with Crippen LogP contribution in [-0.4, -0.2) is 32.0 Å². The van der Waals surface area contributed by atoms with Crippen LogP contribution < -0.4 is 4.90 Å². The molecule has 1 aromatic carbocycles. The molecular formula is C25H30N2O3. The normalized spacial score (nSPS) is 30.5. The highest BCUT2D eigenvalue weighted by atomic mass is 16.5. The number of anilines is 1. The second-order valence-electron chi connectivity index (χ2n) is 9.77. The number of hydrogen-bond donors (Lipinski definition) is 0. The average molecular weight is 407 g/mol. The molecule has 0 saturated heterocycles. The molecule has 0 aliphatic heterocycles. The van der Waals surface area contributed by atoms with Gasteiger partial charge >= 0.3 is 5.97 Å². The van der Waals surface area contributed by atoms with Crippen LogP contribution in [0.25, 0.3) is 6.08 Å². The topological polar surface area (TPSA) is 70.4 Å². The van der Waals surface area contributed by atoms with E-state index in [0.29, 0.717) is 17.8 Å². The van der Waals surface area contributed by atoms with Crippen molar-refractivity contribution in [2.45, 2.75) is 51.6 Å². The summed E-state index contributed by atoms with van der Waals surface area (Å²) >= 11 is 0. The van der Waals surface area contributed by atoms with Gasteiger partial charge in [-0.1, -0.05) is 12.1 Å². The molecule has 0 radical (unpaired) electrons. The molecule has 4 aliphatic rings. The Morgan fingerprint density at radius 1 is 1.10 bits per heavy atom. The smallest absolute Gasteiger partial charge is 0.349 e. The Morgan fingerprint density at radius 2 is 1.63 bits per heavy atom. The molecule has 0 heterocycles. The first-order valence-electron chi connectivity index (χ1n) is 10.9. The molecule has 1 aromatic rings. The van der Waals surface area contributed by atoms with Gasteiger partial charge in [0.1, 0.15) is 11.6 Å². The fourth-order valence-corrected chi connectivity index (χ4v) is 6.29. The van der Waals surface area contributed by atoms with Crippen LogP contribution >= 0.6 is 0 Å². The van der Waals surface area contributed by atoms with E-state index < -0.39 is 12.1 Å². The lowest BCUT2D eigenvalue weighted by molar-refractivity contribution is -0.162. The predicted octanol–water partition coefficient (Wildman–Crippen LogP) is 4.38. The summed E-state index contributed by atoms with van der Waals surface area (Å²) in [6.45, 7) is 1.67. The van der Waals surface area contributed by atoms with E-state index in [2.05, 4.69) is 0 Å². The zero-order valence-corrected chi connectivity index (χ0v) is 18.1. The molecule has 5 heteroatoms. The number of Topliss-reactive ketones (excluding diaryl/α,β-unsaturated/α-hetero) is 1. The van der Waals surface area contributed by atoms with E-state index in [9.17, 15) is 14.9 Å². The Balaban J connectivity index is 1.44. The van der Waals surface area contributed by atoms with Crippen LogP contribution in [0.2, 0.25) is 0 Å². The van der Waals surface area contributed by atoms with Crippen LogP contribution in [0.1, 0.15) is 51.0 Å².